The maximum absolute atomic E-state index is 5.81. The summed E-state index contributed by atoms with van der Waals surface area (Å²) in [6.45, 7) is 4.95. The van der Waals surface area contributed by atoms with Crippen LogP contribution in [0, 0.1) is 6.92 Å². The van der Waals surface area contributed by atoms with Crippen LogP contribution in [-0.2, 0) is 24.4 Å². The Balaban J connectivity index is 1.50. The average molecular weight is 259 g/mol. The lowest BCUT2D eigenvalue weighted by Crippen LogP contribution is -2.36. The van der Waals surface area contributed by atoms with Crippen LogP contribution in [0.15, 0.2) is 24.5 Å². The van der Waals surface area contributed by atoms with E-state index in [4.69, 9.17) is 4.74 Å². The molecule has 0 aliphatic carbocycles. The maximum atomic E-state index is 5.81. The van der Waals surface area contributed by atoms with Crippen molar-refractivity contribution in [3.8, 4) is 0 Å². The van der Waals surface area contributed by atoms with Crippen LogP contribution in [0.4, 0.5) is 0 Å². The Morgan fingerprint density at radius 3 is 3.11 bits per heavy atom. The minimum Gasteiger partial charge on any atom is -0.369 e. The summed E-state index contributed by atoms with van der Waals surface area (Å²) in [5, 5.41) is 11.6. The summed E-state index contributed by atoms with van der Waals surface area (Å²) in [5.74, 6) is 0. The molecular formula is C13H17N5O. The Bertz CT molecular complexity index is 539. The summed E-state index contributed by atoms with van der Waals surface area (Å²) in [6, 6.07) is 4.02. The molecule has 0 bridgehead atoms. The van der Waals surface area contributed by atoms with Gasteiger partial charge in [0.1, 0.15) is 0 Å². The molecule has 100 valence electrons. The van der Waals surface area contributed by atoms with Gasteiger partial charge in [-0.2, -0.15) is 0 Å². The number of pyridine rings is 1. The van der Waals surface area contributed by atoms with Gasteiger partial charge in [0.05, 0.1) is 30.6 Å². The predicted octanol–water partition coefficient (Wildman–Crippen LogP) is 0.670. The zero-order valence-corrected chi connectivity index (χ0v) is 10.9. The molecule has 1 atom stereocenters. The number of nitrogens with one attached hydrogen (secondary N) is 1. The Labute approximate surface area is 111 Å². The smallest absolute Gasteiger partial charge is 0.0909 e. The molecule has 0 saturated carbocycles. The Morgan fingerprint density at radius 2 is 2.26 bits per heavy atom. The van der Waals surface area contributed by atoms with Crippen molar-refractivity contribution < 1.29 is 4.74 Å². The van der Waals surface area contributed by atoms with E-state index in [2.05, 4.69) is 20.6 Å². The molecule has 0 saturated heterocycles. The number of nitrogens with zero attached hydrogens (tertiary/aromatic N) is 4. The van der Waals surface area contributed by atoms with Crippen molar-refractivity contribution in [3.63, 3.8) is 0 Å². The monoisotopic (exact) mass is 259 g/mol. The fourth-order valence-electron chi connectivity index (χ4n) is 2.19. The third kappa shape index (κ3) is 2.80. The van der Waals surface area contributed by atoms with E-state index < -0.39 is 0 Å². The van der Waals surface area contributed by atoms with E-state index in [9.17, 15) is 0 Å². The Morgan fingerprint density at radius 1 is 1.42 bits per heavy atom. The van der Waals surface area contributed by atoms with E-state index in [0.29, 0.717) is 6.61 Å². The molecule has 19 heavy (non-hydrogen) atoms. The van der Waals surface area contributed by atoms with Gasteiger partial charge in [0.15, 0.2) is 0 Å². The first-order valence-electron chi connectivity index (χ1n) is 6.43. The van der Waals surface area contributed by atoms with E-state index in [1.54, 1.807) is 12.4 Å². The summed E-state index contributed by atoms with van der Waals surface area (Å²) >= 11 is 0. The molecule has 3 rings (SSSR count). The summed E-state index contributed by atoms with van der Waals surface area (Å²) in [6.07, 6.45) is 3.76. The molecule has 0 amide bonds. The van der Waals surface area contributed by atoms with Crippen LogP contribution in [0.25, 0.3) is 0 Å². The first kappa shape index (κ1) is 12.3. The topological polar surface area (TPSA) is 64.9 Å². The molecule has 6 heteroatoms. The van der Waals surface area contributed by atoms with Crippen LogP contribution in [0.5, 0.6) is 0 Å². The molecule has 1 aliphatic heterocycles. The van der Waals surface area contributed by atoms with Gasteiger partial charge in [-0.05, 0) is 24.6 Å². The number of aryl methyl sites for hydroxylation is 1. The molecule has 2 aromatic rings. The number of ether oxygens (including phenoxy) is 1. The predicted molar refractivity (Wildman–Crippen MR) is 69.3 cm³/mol. The van der Waals surface area contributed by atoms with Crippen molar-refractivity contribution >= 4 is 0 Å². The van der Waals surface area contributed by atoms with Crippen molar-refractivity contribution in [2.45, 2.75) is 32.7 Å². The molecule has 0 radical (unpaired) electrons. The normalized spacial score (nSPS) is 18.3. The summed E-state index contributed by atoms with van der Waals surface area (Å²) in [7, 11) is 0. The fraction of sp³-hybridized carbons (Fsp3) is 0.462. The quantitative estimate of drug-likeness (QED) is 0.874. The minimum absolute atomic E-state index is 0.149. The van der Waals surface area contributed by atoms with Gasteiger partial charge in [-0.15, -0.1) is 5.10 Å². The van der Waals surface area contributed by atoms with Crippen LogP contribution >= 0.6 is 0 Å². The first-order valence-corrected chi connectivity index (χ1v) is 6.43. The third-order valence-electron chi connectivity index (χ3n) is 3.31. The zero-order valence-electron chi connectivity index (χ0n) is 10.9. The highest BCUT2D eigenvalue weighted by atomic mass is 16.5. The van der Waals surface area contributed by atoms with E-state index >= 15 is 0 Å². The van der Waals surface area contributed by atoms with Gasteiger partial charge in [0.2, 0.25) is 0 Å². The van der Waals surface area contributed by atoms with Gasteiger partial charge in [0, 0.05) is 25.5 Å². The molecule has 3 heterocycles. The third-order valence-corrected chi connectivity index (χ3v) is 3.31. The molecular weight excluding hydrogens is 242 g/mol. The Kier molecular flexibility index (Phi) is 3.52. The van der Waals surface area contributed by atoms with Gasteiger partial charge in [-0.1, -0.05) is 5.21 Å². The minimum atomic E-state index is 0.149. The molecule has 0 aromatic carbocycles. The molecule has 0 unspecified atom stereocenters. The lowest BCUT2D eigenvalue weighted by atomic mass is 10.2. The van der Waals surface area contributed by atoms with Crippen molar-refractivity contribution in [1.29, 1.82) is 0 Å². The van der Waals surface area contributed by atoms with Crippen molar-refractivity contribution in [1.82, 2.24) is 25.3 Å². The zero-order chi connectivity index (χ0) is 13.1. The van der Waals surface area contributed by atoms with Crippen LogP contribution in [0.2, 0.25) is 0 Å². The van der Waals surface area contributed by atoms with Crippen LogP contribution in [0.1, 0.15) is 17.0 Å². The van der Waals surface area contributed by atoms with Crippen LogP contribution in [-0.4, -0.2) is 32.6 Å². The van der Waals surface area contributed by atoms with E-state index in [-0.39, 0.29) is 6.10 Å². The van der Waals surface area contributed by atoms with Crippen molar-refractivity contribution in [3.05, 3.63) is 41.5 Å². The number of fused-ring (bicyclic) bond motifs is 1. The highest BCUT2D eigenvalue weighted by Crippen LogP contribution is 2.14. The number of aromatic nitrogens is 4. The second kappa shape index (κ2) is 5.46. The van der Waals surface area contributed by atoms with Crippen molar-refractivity contribution in [2.75, 3.05) is 6.54 Å². The second-order valence-electron chi connectivity index (χ2n) is 4.72. The number of hydrogen-bond donors (Lipinski definition) is 1. The lowest BCUT2D eigenvalue weighted by molar-refractivity contribution is 0.000692. The van der Waals surface area contributed by atoms with Gasteiger partial charge in [0.25, 0.3) is 0 Å². The fourth-order valence-corrected chi connectivity index (χ4v) is 2.19. The Hall–Kier alpha value is -1.79. The second-order valence-corrected chi connectivity index (χ2v) is 4.72. The highest BCUT2D eigenvalue weighted by Gasteiger charge is 2.21. The van der Waals surface area contributed by atoms with Crippen LogP contribution < -0.4 is 5.32 Å². The summed E-state index contributed by atoms with van der Waals surface area (Å²) in [4.78, 5) is 4.00. The number of hydrogen-bond acceptors (Lipinski definition) is 5. The summed E-state index contributed by atoms with van der Waals surface area (Å²) in [5.41, 5.74) is 3.27. The van der Waals surface area contributed by atoms with Gasteiger partial charge in [-0.25, -0.2) is 4.68 Å². The molecule has 1 aliphatic rings. The van der Waals surface area contributed by atoms with Crippen LogP contribution in [0.3, 0.4) is 0 Å². The summed E-state index contributed by atoms with van der Waals surface area (Å²) < 4.78 is 7.75. The van der Waals surface area contributed by atoms with Gasteiger partial charge < -0.3 is 10.1 Å². The molecule has 0 spiro atoms. The van der Waals surface area contributed by atoms with Gasteiger partial charge in [-0.3, -0.25) is 4.98 Å². The molecule has 2 aromatic heterocycles. The molecule has 6 nitrogen and oxygen atoms in total. The number of rotatable bonds is 4. The molecule has 0 fully saturated rings. The first-order chi connectivity index (χ1) is 9.33. The molecule has 1 N–H and O–H groups in total. The lowest BCUT2D eigenvalue weighted by Gasteiger charge is -2.24. The maximum Gasteiger partial charge on any atom is 0.0909 e. The van der Waals surface area contributed by atoms with Gasteiger partial charge >= 0.3 is 0 Å². The standard InChI is InChI=1S/C13H17N5O/c1-10-13-9-19-12(8-18(13)17-16-10)7-15-6-11-2-4-14-5-3-11/h2-5,12,15H,6-9H2,1H3/t12-/m1/s1. The van der Waals surface area contributed by atoms with E-state index in [1.165, 1.54) is 5.56 Å². The van der Waals surface area contributed by atoms with Crippen molar-refractivity contribution in [2.24, 2.45) is 0 Å². The van der Waals surface area contributed by atoms with E-state index in [1.807, 2.05) is 23.7 Å². The largest absolute Gasteiger partial charge is 0.369 e. The SMILES string of the molecule is Cc1nnn2c1CO[C@H](CNCc1ccncc1)C2. The average Bonchev–Trinajstić information content (AvgIpc) is 2.81. The highest BCUT2D eigenvalue weighted by molar-refractivity contribution is 5.09. The van der Waals surface area contributed by atoms with E-state index in [0.717, 1.165) is 31.0 Å².